The molecule has 14 nitrogen and oxygen atoms in total. The first-order valence-corrected chi connectivity index (χ1v) is 28.3. The summed E-state index contributed by atoms with van der Waals surface area (Å²) >= 11 is 12.8. The largest absolute Gasteiger partial charge is 0.383 e. The molecular weight excluding hydrogens is 1280 g/mol. The highest BCUT2D eigenvalue weighted by atomic mass is 79.9. The monoisotopic (exact) mass is 1320 g/mol. The van der Waals surface area contributed by atoms with E-state index in [9.17, 15) is 17.6 Å². The molecule has 0 saturated carbocycles. The summed E-state index contributed by atoms with van der Waals surface area (Å²) in [5.74, 6) is 5.66. The Hall–Kier alpha value is -11.1. The van der Waals surface area contributed by atoms with Crippen molar-refractivity contribution in [3.05, 3.63) is 272 Å². The lowest BCUT2D eigenvalue weighted by molar-refractivity contribution is 0.627. The standard InChI is InChI=1S/C20H14ClFN4.C14H9BrFN3.C14H10FN3.C14H7FN2.C6H3BrN2/c1-11-9-13(10-16(21)25-11)17-18(12-4-6-14(22)7-5-12)26-20(23)15-3-2-8-24-19(15)17;15-11-12(8-3-5-9(16)6-4-8)19-14(17)10-2-1-7-18-13(10)11;15-10-5-3-9(4-6-10)12-8-13-11(14(16)18-12)2-1-7-17-13;15-13-6-3-11(4-7-13)5-8-14-12(10-16)2-1-9-17-14;7-6-5(4-8)2-1-3-9-6/h2-10H,1H3,(H2,23,26);1-7H,(H2,17,19);1-8H,(H2,16,18);1-4,6-7,9H;1-3H. The number of nitriles is 2. The third-order valence-corrected chi connectivity index (χ3v) is 14.3. The number of halogens is 7. The van der Waals surface area contributed by atoms with E-state index in [0.29, 0.717) is 72.2 Å². The molecule has 0 radical (unpaired) electrons. The van der Waals surface area contributed by atoms with Gasteiger partial charge in [-0.2, -0.15) is 10.5 Å². The summed E-state index contributed by atoms with van der Waals surface area (Å²) < 4.78 is 53.2. The van der Waals surface area contributed by atoms with Gasteiger partial charge in [0.25, 0.3) is 0 Å². The van der Waals surface area contributed by atoms with Crippen molar-refractivity contribution < 1.29 is 17.6 Å². The average Bonchev–Trinajstić information content (AvgIpc) is 0.835. The van der Waals surface area contributed by atoms with E-state index in [2.05, 4.69) is 88.6 Å². The van der Waals surface area contributed by atoms with Crippen molar-refractivity contribution in [2.24, 2.45) is 0 Å². The van der Waals surface area contributed by atoms with Crippen LogP contribution in [-0.4, -0.2) is 44.9 Å². The summed E-state index contributed by atoms with van der Waals surface area (Å²) in [6, 6.07) is 51.6. The van der Waals surface area contributed by atoms with E-state index in [1.165, 1.54) is 48.5 Å². The highest BCUT2D eigenvalue weighted by Crippen LogP contribution is 2.39. The highest BCUT2D eigenvalue weighted by molar-refractivity contribution is 9.11. The number of aromatic nitrogens is 9. The van der Waals surface area contributed by atoms with Crippen LogP contribution in [0.3, 0.4) is 0 Å². The lowest BCUT2D eigenvalue weighted by Crippen LogP contribution is -2.00. The molecule has 0 unspecified atom stereocenters. The maximum atomic E-state index is 13.4. The predicted molar refractivity (Wildman–Crippen MR) is 347 cm³/mol. The van der Waals surface area contributed by atoms with Gasteiger partial charge in [0.2, 0.25) is 0 Å². The van der Waals surface area contributed by atoms with Gasteiger partial charge in [0.15, 0.2) is 0 Å². The SMILES string of the molecule is Cc1cc(-c2c(-c3ccc(F)cc3)nc(N)c3cccnc23)cc(Cl)n1.N#Cc1cccnc1Br.N#Cc1cccnc1C#Cc1ccc(F)cc1.Nc1nc(-c2ccc(F)cc2)c(Br)c2ncccc12.Nc1nc(-c2ccc(F)cc2)cc2ncccc12. The summed E-state index contributed by atoms with van der Waals surface area (Å²) in [5.41, 5.74) is 29.1. The fraction of sp³-hybridized carbons (Fsp3) is 0.0147. The molecule has 434 valence electrons. The summed E-state index contributed by atoms with van der Waals surface area (Å²) in [4.78, 5) is 38.4. The third kappa shape index (κ3) is 15.9. The molecule has 21 heteroatoms. The smallest absolute Gasteiger partial charge is 0.133 e. The number of hydrogen-bond donors (Lipinski definition) is 3. The molecule has 89 heavy (non-hydrogen) atoms. The van der Waals surface area contributed by atoms with Crippen LogP contribution in [-0.2, 0) is 0 Å². The minimum absolute atomic E-state index is 0.273. The van der Waals surface area contributed by atoms with Crippen LogP contribution in [0, 0.1) is 64.7 Å². The fourth-order valence-electron chi connectivity index (χ4n) is 8.55. The number of fused-ring (bicyclic) bond motifs is 3. The third-order valence-electron chi connectivity index (χ3n) is 12.7. The number of nitrogens with two attached hydrogens (primary N) is 3. The first-order chi connectivity index (χ1) is 43.1. The molecule has 0 atom stereocenters. The number of hydrogen-bond acceptors (Lipinski definition) is 14. The Bertz CT molecular complexity index is 4830. The van der Waals surface area contributed by atoms with E-state index in [0.717, 1.165) is 65.2 Å². The molecule has 0 spiro atoms. The molecule has 0 amide bonds. The van der Waals surface area contributed by atoms with Gasteiger partial charge in [-0.15, -0.1) is 0 Å². The zero-order chi connectivity index (χ0) is 63.0. The van der Waals surface area contributed by atoms with Crippen LogP contribution in [0.15, 0.2) is 216 Å². The first kappa shape index (κ1) is 62.5. The molecule has 0 aliphatic rings. The quantitative estimate of drug-likeness (QED) is 0.0843. The van der Waals surface area contributed by atoms with Crippen LogP contribution in [0.25, 0.3) is 77.6 Å². The topological polar surface area (TPSA) is 242 Å². The number of anilines is 3. The van der Waals surface area contributed by atoms with Crippen LogP contribution in [0.5, 0.6) is 0 Å². The number of pyridine rings is 9. The van der Waals surface area contributed by atoms with Crippen molar-refractivity contribution in [1.82, 2.24) is 44.9 Å². The van der Waals surface area contributed by atoms with Gasteiger partial charge < -0.3 is 17.2 Å². The van der Waals surface area contributed by atoms with Crippen LogP contribution in [0.1, 0.15) is 28.1 Å². The second-order valence-corrected chi connectivity index (χ2v) is 20.6. The number of rotatable bonds is 4. The van der Waals surface area contributed by atoms with Gasteiger partial charge in [-0.05, 0) is 226 Å². The number of nitrogens with zero attached hydrogens (tertiary/aromatic N) is 11. The van der Waals surface area contributed by atoms with Gasteiger partial charge in [-0.25, -0.2) is 47.5 Å². The van der Waals surface area contributed by atoms with Gasteiger partial charge in [0, 0.05) is 80.7 Å². The Balaban J connectivity index is 0.000000136. The summed E-state index contributed by atoms with van der Waals surface area (Å²) in [6.07, 6.45) is 8.31. The van der Waals surface area contributed by atoms with E-state index in [-0.39, 0.29) is 23.3 Å². The molecule has 13 rings (SSSR count). The molecule has 13 aromatic rings. The highest BCUT2D eigenvalue weighted by Gasteiger charge is 2.19. The van der Waals surface area contributed by atoms with E-state index in [1.54, 1.807) is 110 Å². The summed E-state index contributed by atoms with van der Waals surface area (Å²) in [7, 11) is 0. The minimum Gasteiger partial charge on any atom is -0.383 e. The Morgan fingerprint density at radius 1 is 0.449 bits per heavy atom. The Labute approximate surface area is 528 Å². The fourth-order valence-corrected chi connectivity index (χ4v) is 9.77. The van der Waals surface area contributed by atoms with Crippen LogP contribution in [0.2, 0.25) is 5.15 Å². The van der Waals surface area contributed by atoms with Crippen molar-refractivity contribution in [3.8, 4) is 68.9 Å². The number of nitrogen functional groups attached to an aromatic ring is 3. The normalized spacial score (nSPS) is 10.3. The maximum absolute atomic E-state index is 13.4. The maximum Gasteiger partial charge on any atom is 0.133 e. The first-order valence-electron chi connectivity index (χ1n) is 26.4. The molecule has 0 aliphatic heterocycles. The zero-order valence-corrected chi connectivity index (χ0v) is 50.4. The molecule has 0 aliphatic carbocycles. The number of benzene rings is 4. The lowest BCUT2D eigenvalue weighted by Gasteiger charge is -2.14. The van der Waals surface area contributed by atoms with E-state index in [4.69, 9.17) is 39.3 Å². The summed E-state index contributed by atoms with van der Waals surface area (Å²) in [5, 5.41) is 20.0. The molecule has 0 saturated heterocycles. The van der Waals surface area contributed by atoms with Crippen LogP contribution < -0.4 is 17.2 Å². The van der Waals surface area contributed by atoms with Gasteiger partial charge >= 0.3 is 0 Å². The number of aryl methyl sites for hydroxylation is 1. The molecule has 9 aromatic heterocycles. The summed E-state index contributed by atoms with van der Waals surface area (Å²) in [6.45, 7) is 1.87. The molecular formula is C68H43Br2ClF4N14. The Kier molecular flexibility index (Phi) is 20.6. The van der Waals surface area contributed by atoms with E-state index in [1.807, 2.05) is 67.6 Å². The predicted octanol–water partition coefficient (Wildman–Crippen LogP) is 16.0. The zero-order valence-electron chi connectivity index (χ0n) is 46.4. The van der Waals surface area contributed by atoms with Gasteiger partial charge in [-0.3, -0.25) is 15.0 Å². The molecule has 0 bridgehead atoms. The van der Waals surface area contributed by atoms with Gasteiger partial charge in [0.1, 0.15) is 68.3 Å². The van der Waals surface area contributed by atoms with Gasteiger partial charge in [-0.1, -0.05) is 17.5 Å². The van der Waals surface area contributed by atoms with Crippen molar-refractivity contribution in [2.45, 2.75) is 6.92 Å². The lowest BCUT2D eigenvalue weighted by atomic mass is 9.96. The van der Waals surface area contributed by atoms with Crippen molar-refractivity contribution in [3.63, 3.8) is 0 Å². The van der Waals surface area contributed by atoms with Crippen LogP contribution in [0.4, 0.5) is 35.0 Å². The van der Waals surface area contributed by atoms with Gasteiger partial charge in [0.05, 0.1) is 49.2 Å². The molecule has 9 heterocycles. The minimum atomic E-state index is -0.315. The molecule has 0 fully saturated rings. The Morgan fingerprint density at radius 3 is 1.49 bits per heavy atom. The second kappa shape index (κ2) is 29.3. The van der Waals surface area contributed by atoms with Crippen molar-refractivity contribution in [1.29, 1.82) is 10.5 Å². The van der Waals surface area contributed by atoms with Crippen molar-refractivity contribution >= 4 is 93.6 Å². The molecule has 4 aromatic carbocycles. The molecule has 6 N–H and O–H groups in total. The van der Waals surface area contributed by atoms with Crippen molar-refractivity contribution in [2.75, 3.05) is 17.2 Å². The second-order valence-electron chi connectivity index (χ2n) is 18.7. The van der Waals surface area contributed by atoms with E-state index < -0.39 is 0 Å². The van der Waals surface area contributed by atoms with E-state index >= 15 is 0 Å². The Morgan fingerprint density at radius 2 is 0.921 bits per heavy atom. The average molecular weight is 1330 g/mol. The van der Waals surface area contributed by atoms with Crippen LogP contribution >= 0.6 is 43.5 Å².